The molecule has 3 heterocycles. The molecule has 0 spiro atoms. The number of thiazole rings is 1. The Morgan fingerprint density at radius 3 is 2.92 bits per heavy atom. The third kappa shape index (κ3) is 2.93. The van der Waals surface area contributed by atoms with Gasteiger partial charge in [-0.2, -0.15) is 0 Å². The molecule has 0 radical (unpaired) electrons. The van der Waals surface area contributed by atoms with Crippen LogP contribution in [0.2, 0.25) is 0 Å². The summed E-state index contributed by atoms with van der Waals surface area (Å²) in [5, 5.41) is 6.72. The van der Waals surface area contributed by atoms with E-state index in [1.54, 1.807) is 6.20 Å². The topological polar surface area (TPSA) is 116 Å². The maximum atomic E-state index is 12.5. The first-order chi connectivity index (χ1) is 12.5. The first-order valence-electron chi connectivity index (χ1n) is 8.04. The predicted molar refractivity (Wildman–Crippen MR) is 102 cm³/mol. The van der Waals surface area contributed by atoms with Gasteiger partial charge in [0.1, 0.15) is 17.8 Å². The Morgan fingerprint density at radius 1 is 1.27 bits per heavy atom. The summed E-state index contributed by atoms with van der Waals surface area (Å²) >= 11 is 1.14. The molecule has 4 aromatic rings. The summed E-state index contributed by atoms with van der Waals surface area (Å²) in [5.74, 6) is 0.329. The van der Waals surface area contributed by atoms with Crippen molar-refractivity contribution in [1.82, 2.24) is 25.3 Å². The van der Waals surface area contributed by atoms with E-state index in [-0.39, 0.29) is 16.8 Å². The van der Waals surface area contributed by atoms with Gasteiger partial charge in [-0.25, -0.2) is 9.97 Å². The average molecular weight is 368 g/mol. The Balaban J connectivity index is 1.76. The highest BCUT2D eigenvalue weighted by molar-refractivity contribution is 7.16. The van der Waals surface area contributed by atoms with E-state index in [9.17, 15) is 9.59 Å². The van der Waals surface area contributed by atoms with E-state index in [1.807, 2.05) is 32.0 Å². The second-order valence-corrected chi connectivity index (χ2v) is 7.14. The van der Waals surface area contributed by atoms with Crippen LogP contribution in [0.3, 0.4) is 0 Å². The number of anilines is 2. The molecule has 0 aliphatic heterocycles. The monoisotopic (exact) mass is 368 g/mol. The van der Waals surface area contributed by atoms with Crippen LogP contribution in [-0.2, 0) is 0 Å². The fourth-order valence-electron chi connectivity index (χ4n) is 2.74. The maximum absolute atomic E-state index is 12.5. The number of nitrogens with one attached hydrogen (secondary N) is 4. The zero-order valence-electron chi connectivity index (χ0n) is 14.1. The van der Waals surface area contributed by atoms with Gasteiger partial charge < -0.3 is 20.6 Å². The number of fused-ring (bicyclic) bond motifs is 2. The molecular weight excluding hydrogens is 352 g/mol. The van der Waals surface area contributed by atoms with Crippen molar-refractivity contribution in [3.05, 3.63) is 46.0 Å². The Labute approximate surface area is 151 Å². The second-order valence-electron chi connectivity index (χ2n) is 6.13. The van der Waals surface area contributed by atoms with Gasteiger partial charge in [-0.05, 0) is 32.0 Å². The van der Waals surface area contributed by atoms with Crippen molar-refractivity contribution in [1.29, 1.82) is 0 Å². The maximum Gasteiger partial charge on any atom is 0.305 e. The van der Waals surface area contributed by atoms with Crippen molar-refractivity contribution in [3.63, 3.8) is 0 Å². The zero-order valence-corrected chi connectivity index (χ0v) is 14.9. The van der Waals surface area contributed by atoms with Crippen molar-refractivity contribution in [2.45, 2.75) is 19.9 Å². The molecule has 1 aromatic carbocycles. The molecule has 0 aliphatic rings. The first-order valence-corrected chi connectivity index (χ1v) is 8.86. The number of carbonyl (C=O) groups is 1. The van der Waals surface area contributed by atoms with Crippen molar-refractivity contribution in [2.75, 3.05) is 5.32 Å². The van der Waals surface area contributed by atoms with E-state index in [1.165, 1.54) is 6.33 Å². The normalized spacial score (nSPS) is 11.3. The number of hydrogen-bond acceptors (Lipinski definition) is 6. The third-order valence-electron chi connectivity index (χ3n) is 3.82. The molecule has 0 aliphatic carbocycles. The molecule has 0 saturated heterocycles. The molecule has 26 heavy (non-hydrogen) atoms. The number of benzene rings is 1. The van der Waals surface area contributed by atoms with E-state index in [2.05, 4.69) is 30.6 Å². The number of H-pyrrole nitrogens is 2. The molecule has 4 N–H and O–H groups in total. The number of amides is 1. The van der Waals surface area contributed by atoms with Crippen LogP contribution in [0.25, 0.3) is 21.3 Å². The third-order valence-corrected chi connectivity index (χ3v) is 4.66. The van der Waals surface area contributed by atoms with Gasteiger partial charge in [0, 0.05) is 17.9 Å². The minimum Gasteiger partial charge on any atom is -0.350 e. The lowest BCUT2D eigenvalue weighted by atomic mass is 10.2. The van der Waals surface area contributed by atoms with Gasteiger partial charge in [0.2, 0.25) is 0 Å². The molecule has 1 amide bonds. The van der Waals surface area contributed by atoms with Crippen molar-refractivity contribution >= 4 is 50.0 Å². The highest BCUT2D eigenvalue weighted by atomic mass is 32.1. The number of nitrogens with zero attached hydrogens (tertiary/aromatic N) is 2. The Hall–Kier alpha value is -3.20. The van der Waals surface area contributed by atoms with Crippen LogP contribution in [0, 0.1) is 0 Å². The summed E-state index contributed by atoms with van der Waals surface area (Å²) in [6, 6.07) is 5.57. The van der Waals surface area contributed by atoms with E-state index in [4.69, 9.17) is 0 Å². The van der Waals surface area contributed by atoms with Gasteiger partial charge in [-0.1, -0.05) is 11.3 Å². The van der Waals surface area contributed by atoms with E-state index in [0.29, 0.717) is 22.4 Å². The molecule has 3 aromatic heterocycles. The Bertz CT molecular complexity index is 1170. The molecule has 0 bridgehead atoms. The summed E-state index contributed by atoms with van der Waals surface area (Å²) < 4.78 is 0.845. The van der Waals surface area contributed by atoms with Crippen LogP contribution in [0.4, 0.5) is 11.5 Å². The Kier molecular flexibility index (Phi) is 3.92. The highest BCUT2D eigenvalue weighted by Gasteiger charge is 2.17. The lowest BCUT2D eigenvalue weighted by Gasteiger charge is -2.10. The van der Waals surface area contributed by atoms with Gasteiger partial charge in [-0.15, -0.1) is 0 Å². The van der Waals surface area contributed by atoms with E-state index < -0.39 is 0 Å². The van der Waals surface area contributed by atoms with Gasteiger partial charge >= 0.3 is 4.87 Å². The van der Waals surface area contributed by atoms with Crippen LogP contribution in [0.5, 0.6) is 0 Å². The van der Waals surface area contributed by atoms with Gasteiger partial charge in [0.15, 0.2) is 0 Å². The largest absolute Gasteiger partial charge is 0.350 e. The molecule has 9 heteroatoms. The van der Waals surface area contributed by atoms with Crippen LogP contribution in [-0.4, -0.2) is 31.9 Å². The number of aromatic amines is 2. The average Bonchev–Trinajstić information content (AvgIpc) is 3.17. The molecule has 0 atom stereocenters. The minimum atomic E-state index is -0.191. The fraction of sp³-hybridized carbons (Fsp3) is 0.176. The van der Waals surface area contributed by atoms with Gasteiger partial charge in [-0.3, -0.25) is 9.59 Å². The summed E-state index contributed by atoms with van der Waals surface area (Å²) in [5.41, 5.74) is 2.61. The highest BCUT2D eigenvalue weighted by Crippen LogP contribution is 2.28. The zero-order chi connectivity index (χ0) is 18.3. The predicted octanol–water partition coefficient (Wildman–Crippen LogP) is 2.74. The lowest BCUT2D eigenvalue weighted by Crippen LogP contribution is -2.29. The molecule has 0 unspecified atom stereocenters. The lowest BCUT2D eigenvalue weighted by molar-refractivity contribution is 0.0945. The van der Waals surface area contributed by atoms with Crippen LogP contribution in [0.1, 0.15) is 24.2 Å². The van der Waals surface area contributed by atoms with Gasteiger partial charge in [0.25, 0.3) is 5.91 Å². The first kappa shape index (κ1) is 16.3. The SMILES string of the molecule is CC(C)NC(=O)c1c[nH]c2ncnc(Nc3ccc4[nH]c(=O)sc4c3)c12. The molecular formula is C17H16N6O2S. The smallest absolute Gasteiger partial charge is 0.305 e. The molecule has 132 valence electrons. The Morgan fingerprint density at radius 2 is 2.12 bits per heavy atom. The quantitative estimate of drug-likeness (QED) is 0.442. The number of rotatable bonds is 4. The summed E-state index contributed by atoms with van der Waals surface area (Å²) in [6.45, 7) is 3.81. The molecule has 0 fully saturated rings. The number of hydrogen-bond donors (Lipinski definition) is 4. The number of aromatic nitrogens is 4. The molecule has 0 saturated carbocycles. The van der Waals surface area contributed by atoms with E-state index >= 15 is 0 Å². The van der Waals surface area contributed by atoms with Crippen LogP contribution < -0.4 is 15.5 Å². The van der Waals surface area contributed by atoms with Gasteiger partial charge in [0.05, 0.1) is 21.2 Å². The van der Waals surface area contributed by atoms with Crippen molar-refractivity contribution in [3.8, 4) is 0 Å². The number of carbonyl (C=O) groups excluding carboxylic acids is 1. The summed E-state index contributed by atoms with van der Waals surface area (Å²) in [6.07, 6.45) is 3.06. The summed E-state index contributed by atoms with van der Waals surface area (Å²) in [7, 11) is 0. The van der Waals surface area contributed by atoms with Crippen LogP contribution in [0.15, 0.2) is 35.5 Å². The molecule has 4 rings (SSSR count). The minimum absolute atomic E-state index is 0.0206. The van der Waals surface area contributed by atoms with E-state index in [0.717, 1.165) is 27.2 Å². The van der Waals surface area contributed by atoms with Crippen LogP contribution >= 0.6 is 11.3 Å². The van der Waals surface area contributed by atoms with Crippen molar-refractivity contribution < 1.29 is 4.79 Å². The van der Waals surface area contributed by atoms with Crippen molar-refractivity contribution in [2.24, 2.45) is 0 Å². The summed E-state index contributed by atoms with van der Waals surface area (Å²) in [4.78, 5) is 38.1. The standard InChI is InChI=1S/C17H16N6O2S/c1-8(2)21-16(24)10-6-18-14-13(10)15(20-7-19-14)22-9-3-4-11-12(5-9)26-17(25)23-11/h3-8H,1-2H3,(H,21,24)(H,23,25)(H2,18,19,20,22). The fourth-order valence-corrected chi connectivity index (χ4v) is 3.51. The molecule has 8 nitrogen and oxygen atoms in total. The second kappa shape index (κ2) is 6.26.